The predicted molar refractivity (Wildman–Crippen MR) is 195 cm³/mol. The van der Waals surface area contributed by atoms with Gasteiger partial charge in [-0.1, -0.05) is 15.9 Å². The molecule has 0 bridgehead atoms. The number of aryl methyl sites for hydroxylation is 2. The Morgan fingerprint density at radius 1 is 0.795 bits per heavy atom. The highest BCUT2D eigenvalue weighted by Crippen LogP contribution is 2.29. The Morgan fingerprint density at radius 3 is 1.84 bits per heavy atom. The van der Waals surface area contributed by atoms with Crippen LogP contribution in [0, 0.1) is 26.8 Å². The number of aliphatic hydroxyl groups excluding tert-OH is 1. The van der Waals surface area contributed by atoms with Gasteiger partial charge in [0.05, 0.1) is 29.1 Å². The molecule has 0 aromatic heterocycles. The van der Waals surface area contributed by atoms with E-state index in [0.717, 1.165) is 49.1 Å². The summed E-state index contributed by atoms with van der Waals surface area (Å²) >= 11 is 7.97. The molecule has 1 aliphatic carbocycles. The Labute approximate surface area is 292 Å². The summed E-state index contributed by atoms with van der Waals surface area (Å²) in [5.74, 6) is -0.937. The lowest BCUT2D eigenvalue weighted by atomic mass is 10.1. The summed E-state index contributed by atoms with van der Waals surface area (Å²) in [5.41, 5.74) is 6.25. The second-order valence-corrected chi connectivity index (χ2v) is 13.7. The van der Waals surface area contributed by atoms with E-state index in [-0.39, 0.29) is 24.6 Å². The van der Waals surface area contributed by atoms with Gasteiger partial charge in [-0.25, -0.2) is 4.39 Å². The van der Waals surface area contributed by atoms with E-state index in [1.807, 2.05) is 49.4 Å². The molecule has 2 amide bonds. The molecule has 0 aliphatic heterocycles. The summed E-state index contributed by atoms with van der Waals surface area (Å²) in [6.07, 6.45) is 2.16. The van der Waals surface area contributed by atoms with Gasteiger partial charge in [0, 0.05) is 35.6 Å². The van der Waals surface area contributed by atoms with Crippen LogP contribution in [0.5, 0.6) is 0 Å². The number of amides is 2. The van der Waals surface area contributed by atoms with Gasteiger partial charge in [-0.15, -0.1) is 0 Å². The minimum Gasteiger partial charge on any atom is -0.395 e. The molecule has 44 heavy (non-hydrogen) atoms. The quantitative estimate of drug-likeness (QED) is 0.109. The van der Waals surface area contributed by atoms with Crippen molar-refractivity contribution in [3.05, 3.63) is 112 Å². The van der Waals surface area contributed by atoms with Crippen LogP contribution < -0.4 is 21.3 Å². The summed E-state index contributed by atoms with van der Waals surface area (Å²) in [7, 11) is 0. The molecule has 4 aromatic rings. The number of benzene rings is 4. The predicted octanol–water partition coefficient (Wildman–Crippen LogP) is 8.20. The van der Waals surface area contributed by atoms with Gasteiger partial charge in [0.2, 0.25) is 0 Å². The summed E-state index contributed by atoms with van der Waals surface area (Å²) in [5, 5.41) is 20.9. The van der Waals surface area contributed by atoms with Crippen LogP contribution in [0.25, 0.3) is 0 Å². The van der Waals surface area contributed by atoms with Crippen LogP contribution >= 0.6 is 61.1 Å². The zero-order chi connectivity index (χ0) is 31.8. The highest BCUT2D eigenvalue weighted by atomic mass is 127. The third kappa shape index (κ3) is 9.88. The molecule has 7 nitrogen and oxygen atoms in total. The molecule has 1 fully saturated rings. The van der Waals surface area contributed by atoms with E-state index in [9.17, 15) is 14.0 Å². The van der Waals surface area contributed by atoms with E-state index in [4.69, 9.17) is 5.11 Å². The number of hydrogen-bond donors (Lipinski definition) is 5. The van der Waals surface area contributed by atoms with Crippen molar-refractivity contribution in [3.63, 3.8) is 0 Å². The number of rotatable bonds is 9. The zero-order valence-corrected chi connectivity index (χ0v) is 30.0. The van der Waals surface area contributed by atoms with Crippen molar-refractivity contribution in [1.82, 2.24) is 10.6 Å². The van der Waals surface area contributed by atoms with Crippen LogP contribution in [-0.2, 0) is 0 Å². The van der Waals surface area contributed by atoms with E-state index in [1.165, 1.54) is 21.8 Å². The first-order valence-corrected chi connectivity index (χ1v) is 16.8. The van der Waals surface area contributed by atoms with Crippen molar-refractivity contribution in [2.75, 3.05) is 23.8 Å². The number of anilines is 4. The van der Waals surface area contributed by atoms with Crippen LogP contribution in [0.15, 0.2) is 77.3 Å². The molecule has 1 saturated carbocycles. The Balaban J connectivity index is 0.000000201. The van der Waals surface area contributed by atoms with Crippen LogP contribution in [-0.4, -0.2) is 36.1 Å². The van der Waals surface area contributed by atoms with Crippen LogP contribution in [0.4, 0.5) is 27.1 Å². The maximum atomic E-state index is 13.4. The second-order valence-electron chi connectivity index (χ2n) is 10.3. The smallest absolute Gasteiger partial charge is 0.253 e. The van der Waals surface area contributed by atoms with Gasteiger partial charge in [0.1, 0.15) is 5.82 Å². The Bertz CT molecular complexity index is 1670. The molecule has 1 aliphatic rings. The summed E-state index contributed by atoms with van der Waals surface area (Å²) < 4.78 is 16.7. The molecule has 11 heteroatoms. The second kappa shape index (κ2) is 16.0. The maximum Gasteiger partial charge on any atom is 0.253 e. The number of aliphatic hydroxyl groups is 1. The molecule has 0 heterocycles. The number of halogens is 4. The molecular weight excluding hydrogens is 853 g/mol. The lowest BCUT2D eigenvalue weighted by Gasteiger charge is -2.14. The molecule has 5 N–H and O–H groups in total. The van der Waals surface area contributed by atoms with Crippen molar-refractivity contribution in [3.8, 4) is 0 Å². The first-order valence-electron chi connectivity index (χ1n) is 13.9. The Kier molecular flexibility index (Phi) is 12.4. The molecular formula is C33H32BrFI2N4O3. The first kappa shape index (κ1) is 34.1. The van der Waals surface area contributed by atoms with Crippen molar-refractivity contribution < 1.29 is 19.1 Å². The van der Waals surface area contributed by atoms with Crippen molar-refractivity contribution in [2.45, 2.75) is 32.7 Å². The van der Waals surface area contributed by atoms with Crippen molar-refractivity contribution in [1.29, 1.82) is 0 Å². The van der Waals surface area contributed by atoms with E-state index < -0.39 is 11.7 Å². The molecule has 0 radical (unpaired) electrons. The highest BCUT2D eigenvalue weighted by molar-refractivity contribution is 14.1. The number of hydrogen-bond acceptors (Lipinski definition) is 5. The van der Waals surface area contributed by atoms with Gasteiger partial charge in [-0.05, 0) is 156 Å². The highest BCUT2D eigenvalue weighted by Gasteiger charge is 2.25. The van der Waals surface area contributed by atoms with Crippen LogP contribution in [0.1, 0.15) is 44.7 Å². The standard InChI is InChI=1S/C17H16BrIN2O.C16H16FIN2O2/c1-10-8-12(19)3-7-15(10)21-16-6-2-11(18)9-14(16)17(22)20-13-4-5-13;1-10-8-12(18)3-5-14(10)20-15-4-2-11(17)9-13(15)16(22)19-6-7-21/h2-3,6-9,13,21H,4-5H2,1H3,(H,20,22);2-5,8-9,20-21H,6-7H2,1H3,(H,19,22). The van der Waals surface area contributed by atoms with E-state index in [0.29, 0.717) is 17.3 Å². The van der Waals surface area contributed by atoms with E-state index in [2.05, 4.69) is 101 Å². The number of carbonyl (C=O) groups is 2. The van der Waals surface area contributed by atoms with Crippen molar-refractivity contribution >= 4 is 95.7 Å². The van der Waals surface area contributed by atoms with Crippen LogP contribution in [0.3, 0.4) is 0 Å². The fraction of sp³-hybridized carbons (Fsp3) is 0.212. The van der Waals surface area contributed by atoms with E-state index >= 15 is 0 Å². The maximum absolute atomic E-state index is 13.4. The number of carbonyl (C=O) groups excluding carboxylic acids is 2. The minimum atomic E-state index is -0.487. The molecule has 5 rings (SSSR count). The normalized spacial score (nSPS) is 12.1. The fourth-order valence-corrected chi connectivity index (χ4v) is 5.86. The van der Waals surface area contributed by atoms with E-state index in [1.54, 1.807) is 0 Å². The third-order valence-electron chi connectivity index (χ3n) is 6.68. The topological polar surface area (TPSA) is 102 Å². The van der Waals surface area contributed by atoms with Gasteiger partial charge in [0.15, 0.2) is 0 Å². The number of nitrogens with one attached hydrogen (secondary N) is 4. The average Bonchev–Trinajstić information content (AvgIpc) is 3.80. The molecule has 230 valence electrons. The third-order valence-corrected chi connectivity index (χ3v) is 8.51. The van der Waals surface area contributed by atoms with Gasteiger partial charge >= 0.3 is 0 Å². The first-order chi connectivity index (χ1) is 21.0. The molecule has 0 spiro atoms. The molecule has 0 unspecified atom stereocenters. The SMILES string of the molecule is Cc1cc(I)ccc1Nc1ccc(Br)cc1C(=O)NC1CC1.Cc1cc(I)ccc1Nc1ccc(F)cc1C(=O)NCCO. The van der Waals surface area contributed by atoms with Crippen molar-refractivity contribution in [2.24, 2.45) is 0 Å². The van der Waals surface area contributed by atoms with Gasteiger partial charge in [0.25, 0.3) is 11.8 Å². The monoisotopic (exact) mass is 884 g/mol. The lowest BCUT2D eigenvalue weighted by Crippen LogP contribution is -2.27. The summed E-state index contributed by atoms with van der Waals surface area (Å²) in [6, 6.07) is 22.2. The lowest BCUT2D eigenvalue weighted by molar-refractivity contribution is 0.0940. The van der Waals surface area contributed by atoms with Gasteiger partial charge in [-0.3, -0.25) is 9.59 Å². The molecule has 0 atom stereocenters. The average molecular weight is 885 g/mol. The summed E-state index contributed by atoms with van der Waals surface area (Å²) in [6.45, 7) is 3.98. The fourth-order valence-electron chi connectivity index (χ4n) is 4.21. The zero-order valence-electron chi connectivity index (χ0n) is 24.1. The van der Waals surface area contributed by atoms with Crippen LogP contribution in [0.2, 0.25) is 0 Å². The van der Waals surface area contributed by atoms with Gasteiger partial charge in [-0.2, -0.15) is 0 Å². The molecule has 4 aromatic carbocycles. The van der Waals surface area contributed by atoms with Gasteiger partial charge < -0.3 is 26.4 Å². The largest absolute Gasteiger partial charge is 0.395 e. The molecule has 0 saturated heterocycles. The Hall–Kier alpha value is -2.75. The minimum absolute atomic E-state index is 0.0190. The Morgan fingerprint density at radius 2 is 1.32 bits per heavy atom. The summed E-state index contributed by atoms with van der Waals surface area (Å²) in [4.78, 5) is 24.5.